The Morgan fingerprint density at radius 2 is 1.79 bits per heavy atom. The summed E-state index contributed by atoms with van der Waals surface area (Å²) in [5, 5.41) is 13.2. The van der Waals surface area contributed by atoms with Crippen molar-refractivity contribution in [2.45, 2.75) is 13.8 Å². The van der Waals surface area contributed by atoms with Gasteiger partial charge in [0.2, 0.25) is 5.95 Å². The molecule has 39 heavy (non-hydrogen) atoms. The molecular weight excluding hydrogens is 514 g/mol. The quantitative estimate of drug-likeness (QED) is 0.311. The van der Waals surface area contributed by atoms with Crippen molar-refractivity contribution in [1.29, 1.82) is 0 Å². The number of anilines is 3. The number of halogens is 1. The molecule has 0 unspecified atom stereocenters. The topological polar surface area (TPSA) is 101 Å². The number of rotatable bonds is 5. The number of hydrogen-bond donors (Lipinski definition) is 1. The van der Waals surface area contributed by atoms with Crippen LogP contribution in [0.2, 0.25) is 5.02 Å². The molecule has 1 fully saturated rings. The zero-order valence-corrected chi connectivity index (χ0v) is 22.4. The number of aromatic nitrogens is 6. The second-order valence-corrected chi connectivity index (χ2v) is 10.0. The maximum atomic E-state index is 6.76. The van der Waals surface area contributed by atoms with Gasteiger partial charge in [0, 0.05) is 67.2 Å². The second kappa shape index (κ2) is 9.48. The van der Waals surface area contributed by atoms with Gasteiger partial charge in [-0.25, -0.2) is 9.97 Å². The molecule has 10 nitrogen and oxygen atoms in total. The lowest BCUT2D eigenvalue weighted by atomic mass is 10.1. The smallest absolute Gasteiger partial charge is 0.229 e. The monoisotopic (exact) mass is 539 g/mol. The molecular formula is C28H26ClN9O. The summed E-state index contributed by atoms with van der Waals surface area (Å²) in [7, 11) is 0. The molecule has 1 N–H and O–H groups in total. The number of nitrogens with one attached hydrogen (secondary N) is 1. The van der Waals surface area contributed by atoms with Crippen molar-refractivity contribution in [2.24, 2.45) is 0 Å². The second-order valence-electron chi connectivity index (χ2n) is 9.66. The molecule has 7 rings (SSSR count). The van der Waals surface area contributed by atoms with Crippen LogP contribution in [-0.4, -0.2) is 67.2 Å². The fourth-order valence-corrected chi connectivity index (χ4v) is 5.52. The lowest BCUT2D eigenvalue weighted by Gasteiger charge is -2.35. The van der Waals surface area contributed by atoms with E-state index in [2.05, 4.69) is 66.5 Å². The van der Waals surface area contributed by atoms with Gasteiger partial charge < -0.3 is 19.5 Å². The Kier molecular flexibility index (Phi) is 5.79. The average molecular weight is 540 g/mol. The highest BCUT2D eigenvalue weighted by atomic mass is 35.5. The minimum absolute atomic E-state index is 0.479. The molecule has 1 aliphatic rings. The van der Waals surface area contributed by atoms with Crippen LogP contribution >= 0.6 is 11.6 Å². The van der Waals surface area contributed by atoms with Crippen molar-refractivity contribution in [3.05, 3.63) is 65.9 Å². The molecule has 196 valence electrons. The molecule has 6 aromatic rings. The van der Waals surface area contributed by atoms with E-state index in [4.69, 9.17) is 21.0 Å². The molecule has 5 heterocycles. The zero-order valence-electron chi connectivity index (χ0n) is 21.6. The van der Waals surface area contributed by atoms with Gasteiger partial charge in [0.15, 0.2) is 22.8 Å². The van der Waals surface area contributed by atoms with Gasteiger partial charge >= 0.3 is 0 Å². The van der Waals surface area contributed by atoms with E-state index in [9.17, 15) is 0 Å². The van der Waals surface area contributed by atoms with Crippen molar-refractivity contribution in [2.75, 3.05) is 42.9 Å². The maximum absolute atomic E-state index is 6.76. The Morgan fingerprint density at radius 3 is 2.59 bits per heavy atom. The van der Waals surface area contributed by atoms with Crippen LogP contribution < -0.4 is 10.2 Å². The molecule has 0 aliphatic carbocycles. The van der Waals surface area contributed by atoms with Gasteiger partial charge in [-0.1, -0.05) is 24.6 Å². The summed E-state index contributed by atoms with van der Waals surface area (Å²) in [6.45, 7) is 9.41. The van der Waals surface area contributed by atoms with E-state index in [1.807, 2.05) is 22.6 Å². The number of pyridine rings is 1. The minimum atomic E-state index is 0.479. The molecule has 0 radical (unpaired) electrons. The molecule has 2 aromatic carbocycles. The van der Waals surface area contributed by atoms with Crippen LogP contribution in [0.3, 0.4) is 0 Å². The van der Waals surface area contributed by atoms with Gasteiger partial charge in [0.25, 0.3) is 0 Å². The fourth-order valence-electron chi connectivity index (χ4n) is 5.22. The number of nitrogens with zero attached hydrogens (tertiary/aromatic N) is 8. The maximum Gasteiger partial charge on any atom is 0.229 e. The summed E-state index contributed by atoms with van der Waals surface area (Å²) in [4.78, 5) is 18.7. The summed E-state index contributed by atoms with van der Waals surface area (Å²) in [5.74, 6) is 1.05. The van der Waals surface area contributed by atoms with Crippen LogP contribution in [0.5, 0.6) is 0 Å². The van der Waals surface area contributed by atoms with Crippen LogP contribution in [0.15, 0.2) is 59.4 Å². The average Bonchev–Trinajstić information content (AvgIpc) is 3.61. The Bertz CT molecular complexity index is 1820. The predicted molar refractivity (Wildman–Crippen MR) is 153 cm³/mol. The highest BCUT2D eigenvalue weighted by Crippen LogP contribution is 2.37. The van der Waals surface area contributed by atoms with E-state index in [1.165, 1.54) is 5.69 Å². The molecule has 0 atom stereocenters. The number of piperazine rings is 1. The van der Waals surface area contributed by atoms with Crippen molar-refractivity contribution >= 4 is 56.7 Å². The molecule has 0 amide bonds. The Labute approximate surface area is 229 Å². The number of aryl methyl sites for hydroxylation is 1. The highest BCUT2D eigenvalue weighted by molar-refractivity contribution is 6.37. The first kappa shape index (κ1) is 23.8. The van der Waals surface area contributed by atoms with Gasteiger partial charge in [-0.2, -0.15) is 4.98 Å². The number of fused-ring (bicyclic) bond motifs is 4. The van der Waals surface area contributed by atoms with Crippen LogP contribution in [0.1, 0.15) is 12.8 Å². The number of oxazole rings is 1. The van der Waals surface area contributed by atoms with Crippen LogP contribution in [0, 0.1) is 6.92 Å². The molecule has 11 heteroatoms. The first-order valence-electron chi connectivity index (χ1n) is 13.0. The third kappa shape index (κ3) is 4.21. The molecule has 0 spiro atoms. The van der Waals surface area contributed by atoms with E-state index >= 15 is 0 Å². The van der Waals surface area contributed by atoms with E-state index in [1.54, 1.807) is 19.4 Å². The molecule has 4 aromatic heterocycles. The Hall–Kier alpha value is -4.28. The summed E-state index contributed by atoms with van der Waals surface area (Å²) >= 11 is 6.76. The Balaban J connectivity index is 1.19. The predicted octanol–water partition coefficient (Wildman–Crippen LogP) is 5.33. The largest absolute Gasteiger partial charge is 0.439 e. The number of likely N-dealkylation sites (N-methyl/N-ethyl adjacent to an activating group) is 1. The molecule has 1 saturated heterocycles. The van der Waals surface area contributed by atoms with Gasteiger partial charge in [0.1, 0.15) is 11.8 Å². The first-order valence-corrected chi connectivity index (χ1v) is 13.3. The highest BCUT2D eigenvalue weighted by Gasteiger charge is 2.19. The van der Waals surface area contributed by atoms with Crippen molar-refractivity contribution < 1.29 is 4.42 Å². The summed E-state index contributed by atoms with van der Waals surface area (Å²) in [5.41, 5.74) is 6.32. The van der Waals surface area contributed by atoms with Crippen LogP contribution in [0.25, 0.3) is 38.9 Å². The first-order chi connectivity index (χ1) is 19.1. The fraction of sp³-hybridized carbons (Fsp3) is 0.250. The van der Waals surface area contributed by atoms with Crippen LogP contribution in [0.4, 0.5) is 17.3 Å². The van der Waals surface area contributed by atoms with Gasteiger partial charge in [-0.05, 0) is 42.9 Å². The van der Waals surface area contributed by atoms with E-state index in [0.29, 0.717) is 39.3 Å². The standard InChI is InChI=1S/C28H26ClN9O/c1-3-36-10-12-37(13-11-36)20-6-4-19(5-7-20)33-28-30-15-18-14-22(27-35-31-16-38(27)26(18)34-28)21-8-9-23-25(24(21)29)39-17(2)32-23/h4-9,14-16H,3,10-13H2,1-2H3,(H,30,33,34). The zero-order chi connectivity index (χ0) is 26.5. The number of benzene rings is 2. The number of hydrogen-bond acceptors (Lipinski definition) is 9. The third-order valence-corrected chi connectivity index (χ3v) is 7.69. The van der Waals surface area contributed by atoms with Gasteiger partial charge in [0.05, 0.1) is 5.02 Å². The van der Waals surface area contributed by atoms with E-state index < -0.39 is 0 Å². The van der Waals surface area contributed by atoms with Crippen molar-refractivity contribution in [3.8, 4) is 11.1 Å². The lowest BCUT2D eigenvalue weighted by Crippen LogP contribution is -2.46. The van der Waals surface area contributed by atoms with Gasteiger partial charge in [-0.3, -0.25) is 4.40 Å². The van der Waals surface area contributed by atoms with Gasteiger partial charge in [-0.15, -0.1) is 10.2 Å². The Morgan fingerprint density at radius 1 is 0.974 bits per heavy atom. The molecule has 0 saturated carbocycles. The summed E-state index contributed by atoms with van der Waals surface area (Å²) in [6, 6.07) is 14.2. The SMILES string of the molecule is CCN1CCN(c2ccc(Nc3ncc4cc(-c5ccc6nc(C)oc6c5Cl)c5nncn5c4n3)cc2)CC1. The van der Waals surface area contributed by atoms with E-state index in [0.717, 1.165) is 54.9 Å². The summed E-state index contributed by atoms with van der Waals surface area (Å²) in [6.07, 6.45) is 3.44. The van der Waals surface area contributed by atoms with E-state index in [-0.39, 0.29) is 0 Å². The van der Waals surface area contributed by atoms with Crippen LogP contribution in [-0.2, 0) is 0 Å². The molecule has 0 bridgehead atoms. The normalized spacial score (nSPS) is 14.6. The lowest BCUT2D eigenvalue weighted by molar-refractivity contribution is 0.271. The third-order valence-electron chi connectivity index (χ3n) is 7.31. The van der Waals surface area contributed by atoms with Crippen molar-refractivity contribution in [3.63, 3.8) is 0 Å². The molecule has 1 aliphatic heterocycles. The summed E-state index contributed by atoms with van der Waals surface area (Å²) < 4.78 is 7.59. The van der Waals surface area contributed by atoms with Crippen molar-refractivity contribution in [1.82, 2.24) is 34.4 Å². The minimum Gasteiger partial charge on any atom is -0.439 e.